The van der Waals surface area contributed by atoms with E-state index in [9.17, 15) is 13.2 Å². The second-order valence-corrected chi connectivity index (χ2v) is 9.77. The number of hydrogen-bond acceptors (Lipinski definition) is 3. The lowest BCUT2D eigenvalue weighted by atomic mass is 10.1. The first-order valence-corrected chi connectivity index (χ1v) is 11.8. The maximum Gasteiger partial charge on any atom is 0.243 e. The Morgan fingerprint density at radius 2 is 1.62 bits per heavy atom. The number of aryl methyl sites for hydroxylation is 3. The molecule has 0 bridgehead atoms. The van der Waals surface area contributed by atoms with Crippen molar-refractivity contribution in [3.8, 4) is 0 Å². The van der Waals surface area contributed by atoms with Gasteiger partial charge in [-0.2, -0.15) is 4.31 Å². The lowest BCUT2D eigenvalue weighted by Gasteiger charge is -2.20. The predicted molar refractivity (Wildman–Crippen MR) is 117 cm³/mol. The molecule has 0 aromatic heterocycles. The first-order valence-electron chi connectivity index (χ1n) is 10.3. The number of anilines is 1. The summed E-state index contributed by atoms with van der Waals surface area (Å²) in [5, 5.41) is 2.95. The van der Waals surface area contributed by atoms with Crippen molar-refractivity contribution in [2.24, 2.45) is 0 Å². The second kappa shape index (κ2) is 9.55. The van der Waals surface area contributed by atoms with Gasteiger partial charge in [0.05, 0.1) is 4.90 Å². The zero-order chi connectivity index (χ0) is 20.9. The van der Waals surface area contributed by atoms with Crippen molar-refractivity contribution in [2.45, 2.75) is 57.3 Å². The van der Waals surface area contributed by atoms with E-state index in [0.29, 0.717) is 30.8 Å². The monoisotopic (exact) mass is 414 g/mol. The normalized spacial score (nSPS) is 15.7. The van der Waals surface area contributed by atoms with Crippen LogP contribution in [0.15, 0.2) is 47.4 Å². The van der Waals surface area contributed by atoms with E-state index in [2.05, 4.69) is 5.32 Å². The molecule has 1 amide bonds. The Morgan fingerprint density at radius 1 is 0.966 bits per heavy atom. The van der Waals surface area contributed by atoms with Crippen LogP contribution < -0.4 is 5.32 Å². The molecule has 0 radical (unpaired) electrons. The highest BCUT2D eigenvalue weighted by Crippen LogP contribution is 2.21. The van der Waals surface area contributed by atoms with Crippen molar-refractivity contribution in [3.05, 3.63) is 59.2 Å². The van der Waals surface area contributed by atoms with E-state index in [0.717, 1.165) is 48.1 Å². The van der Waals surface area contributed by atoms with E-state index in [1.54, 1.807) is 16.4 Å². The van der Waals surface area contributed by atoms with Gasteiger partial charge in [-0.3, -0.25) is 4.79 Å². The molecule has 156 valence electrons. The van der Waals surface area contributed by atoms with Crippen molar-refractivity contribution >= 4 is 21.6 Å². The Hall–Kier alpha value is -2.18. The molecule has 2 aromatic carbocycles. The maximum absolute atomic E-state index is 12.8. The van der Waals surface area contributed by atoms with Gasteiger partial charge in [-0.1, -0.05) is 42.7 Å². The number of nitrogens with one attached hydrogen (secondary N) is 1. The molecule has 0 spiro atoms. The predicted octanol–water partition coefficient (Wildman–Crippen LogP) is 4.44. The summed E-state index contributed by atoms with van der Waals surface area (Å²) < 4.78 is 27.3. The SMILES string of the molecule is Cc1ccc(NC(=O)CCc2ccc(S(=O)(=O)N3CCCCCC3)cc2)c(C)c1. The first-order chi connectivity index (χ1) is 13.9. The first kappa shape index (κ1) is 21.5. The van der Waals surface area contributed by atoms with Crippen molar-refractivity contribution in [2.75, 3.05) is 18.4 Å². The van der Waals surface area contributed by atoms with Crippen LogP contribution in [0, 0.1) is 13.8 Å². The number of hydrogen-bond donors (Lipinski definition) is 1. The van der Waals surface area contributed by atoms with Crippen LogP contribution in [-0.4, -0.2) is 31.7 Å². The molecule has 29 heavy (non-hydrogen) atoms. The zero-order valence-electron chi connectivity index (χ0n) is 17.3. The molecule has 1 fully saturated rings. The molecule has 2 aromatic rings. The van der Waals surface area contributed by atoms with E-state index in [-0.39, 0.29) is 5.91 Å². The van der Waals surface area contributed by atoms with Gasteiger partial charge < -0.3 is 5.32 Å². The maximum atomic E-state index is 12.8. The fourth-order valence-electron chi connectivity index (χ4n) is 3.68. The third-order valence-electron chi connectivity index (χ3n) is 5.42. The number of nitrogens with zero attached hydrogens (tertiary/aromatic N) is 1. The smallest absolute Gasteiger partial charge is 0.243 e. The third-order valence-corrected chi connectivity index (χ3v) is 7.34. The number of sulfonamides is 1. The van der Waals surface area contributed by atoms with Gasteiger partial charge in [-0.15, -0.1) is 0 Å². The van der Waals surface area contributed by atoms with Crippen molar-refractivity contribution in [1.29, 1.82) is 0 Å². The van der Waals surface area contributed by atoms with Gasteiger partial charge in [0, 0.05) is 25.2 Å². The van der Waals surface area contributed by atoms with Crippen LogP contribution in [0.5, 0.6) is 0 Å². The molecule has 1 aliphatic heterocycles. The number of amides is 1. The van der Waals surface area contributed by atoms with Crippen LogP contribution in [0.25, 0.3) is 0 Å². The Balaban J connectivity index is 1.58. The summed E-state index contributed by atoms with van der Waals surface area (Å²) in [6, 6.07) is 12.9. The quantitative estimate of drug-likeness (QED) is 0.760. The van der Waals surface area contributed by atoms with Crippen molar-refractivity contribution in [3.63, 3.8) is 0 Å². The topological polar surface area (TPSA) is 66.5 Å². The summed E-state index contributed by atoms with van der Waals surface area (Å²) in [6.45, 7) is 5.20. The van der Waals surface area contributed by atoms with E-state index >= 15 is 0 Å². The molecular formula is C23H30N2O3S. The fourth-order valence-corrected chi connectivity index (χ4v) is 5.20. The summed E-state index contributed by atoms with van der Waals surface area (Å²) in [4.78, 5) is 12.6. The minimum Gasteiger partial charge on any atom is -0.326 e. The highest BCUT2D eigenvalue weighted by Gasteiger charge is 2.24. The highest BCUT2D eigenvalue weighted by molar-refractivity contribution is 7.89. The van der Waals surface area contributed by atoms with Crippen LogP contribution in [0.4, 0.5) is 5.69 Å². The number of benzene rings is 2. The Kier molecular flexibility index (Phi) is 7.09. The zero-order valence-corrected chi connectivity index (χ0v) is 18.1. The standard InChI is InChI=1S/C23H30N2O3S/c1-18-7-13-22(19(2)17-18)24-23(26)14-10-20-8-11-21(12-9-20)29(27,28)25-15-5-3-4-6-16-25/h7-9,11-13,17H,3-6,10,14-16H2,1-2H3,(H,24,26). The van der Waals surface area contributed by atoms with Crippen LogP contribution >= 0.6 is 0 Å². The summed E-state index contributed by atoms with van der Waals surface area (Å²) in [6.07, 6.45) is 4.95. The number of carbonyl (C=O) groups excluding carboxylic acids is 1. The molecule has 1 aliphatic rings. The molecule has 6 heteroatoms. The minimum atomic E-state index is -3.43. The number of rotatable bonds is 6. The van der Waals surface area contributed by atoms with Gasteiger partial charge in [-0.25, -0.2) is 8.42 Å². The Morgan fingerprint density at radius 3 is 2.24 bits per heavy atom. The fraction of sp³-hybridized carbons (Fsp3) is 0.435. The van der Waals surface area contributed by atoms with Crippen LogP contribution in [-0.2, 0) is 21.2 Å². The molecule has 1 heterocycles. The molecule has 0 unspecified atom stereocenters. The van der Waals surface area contributed by atoms with Gasteiger partial charge in [-0.05, 0) is 62.4 Å². The molecule has 3 rings (SSSR count). The molecular weight excluding hydrogens is 384 g/mol. The van der Waals surface area contributed by atoms with E-state index < -0.39 is 10.0 Å². The lowest BCUT2D eigenvalue weighted by molar-refractivity contribution is -0.116. The summed E-state index contributed by atoms with van der Waals surface area (Å²) in [5.74, 6) is -0.0433. The minimum absolute atomic E-state index is 0.0433. The van der Waals surface area contributed by atoms with Crippen LogP contribution in [0.2, 0.25) is 0 Å². The molecule has 0 atom stereocenters. The lowest BCUT2D eigenvalue weighted by Crippen LogP contribution is -2.31. The average Bonchev–Trinajstić information content (AvgIpc) is 2.99. The molecule has 0 saturated carbocycles. The third kappa shape index (κ3) is 5.67. The second-order valence-electron chi connectivity index (χ2n) is 7.83. The largest absolute Gasteiger partial charge is 0.326 e. The van der Waals surface area contributed by atoms with E-state index in [1.165, 1.54) is 0 Å². The number of carbonyl (C=O) groups is 1. The van der Waals surface area contributed by atoms with Crippen LogP contribution in [0.3, 0.4) is 0 Å². The van der Waals surface area contributed by atoms with Crippen molar-refractivity contribution < 1.29 is 13.2 Å². The van der Waals surface area contributed by atoms with Crippen LogP contribution in [0.1, 0.15) is 48.8 Å². The summed E-state index contributed by atoms with van der Waals surface area (Å²) in [7, 11) is -3.43. The van der Waals surface area contributed by atoms with Gasteiger partial charge >= 0.3 is 0 Å². The molecule has 1 saturated heterocycles. The van der Waals surface area contributed by atoms with Gasteiger partial charge in [0.25, 0.3) is 0 Å². The van der Waals surface area contributed by atoms with Gasteiger partial charge in [0.2, 0.25) is 15.9 Å². The van der Waals surface area contributed by atoms with E-state index in [4.69, 9.17) is 0 Å². The van der Waals surface area contributed by atoms with E-state index in [1.807, 2.05) is 44.2 Å². The molecule has 1 N–H and O–H groups in total. The summed E-state index contributed by atoms with van der Waals surface area (Å²) >= 11 is 0. The van der Waals surface area contributed by atoms with Gasteiger partial charge in [0.15, 0.2) is 0 Å². The molecule has 5 nitrogen and oxygen atoms in total. The van der Waals surface area contributed by atoms with Gasteiger partial charge in [0.1, 0.15) is 0 Å². The van der Waals surface area contributed by atoms with Crippen molar-refractivity contribution in [1.82, 2.24) is 4.31 Å². The average molecular weight is 415 g/mol. The summed E-state index contributed by atoms with van der Waals surface area (Å²) in [5.41, 5.74) is 3.99. The Bertz CT molecular complexity index is 945. The molecule has 0 aliphatic carbocycles. The highest BCUT2D eigenvalue weighted by atomic mass is 32.2. The Labute approximate surface area is 174 Å².